The van der Waals surface area contributed by atoms with Gasteiger partial charge in [-0.05, 0) is 60.5 Å². The summed E-state index contributed by atoms with van der Waals surface area (Å²) in [5, 5.41) is 0. The number of benzene rings is 3. The van der Waals surface area contributed by atoms with E-state index < -0.39 is 0 Å². The van der Waals surface area contributed by atoms with Crippen molar-refractivity contribution in [2.75, 3.05) is 11.5 Å². The lowest BCUT2D eigenvalue weighted by molar-refractivity contribution is -0.113. The monoisotopic (exact) mass is 447 g/mol. The Bertz CT molecular complexity index is 1090. The molecule has 1 heterocycles. The molecule has 1 aliphatic heterocycles. The van der Waals surface area contributed by atoms with Gasteiger partial charge < -0.3 is 9.47 Å². The molecule has 0 aromatic heterocycles. The molecule has 1 amide bonds. The first-order valence-electron chi connectivity index (χ1n) is 9.91. The maximum atomic E-state index is 13.0. The molecule has 0 bridgehead atoms. The molecule has 0 aliphatic carbocycles. The molecular formula is C25H21NO3S2. The predicted molar refractivity (Wildman–Crippen MR) is 130 cm³/mol. The number of carbonyl (C=O) groups is 1. The van der Waals surface area contributed by atoms with E-state index in [0.717, 1.165) is 28.3 Å². The molecule has 31 heavy (non-hydrogen) atoms. The van der Waals surface area contributed by atoms with E-state index in [1.54, 1.807) is 4.90 Å². The number of nitrogens with zero attached hydrogens (tertiary/aromatic N) is 1. The highest BCUT2D eigenvalue weighted by molar-refractivity contribution is 8.27. The fourth-order valence-corrected chi connectivity index (χ4v) is 4.40. The summed E-state index contributed by atoms with van der Waals surface area (Å²) >= 11 is 6.76. The molecule has 0 radical (unpaired) electrons. The van der Waals surface area contributed by atoms with Crippen molar-refractivity contribution >= 4 is 46.0 Å². The van der Waals surface area contributed by atoms with Crippen LogP contribution in [0.5, 0.6) is 11.5 Å². The molecule has 3 aromatic carbocycles. The molecule has 156 valence electrons. The molecular weight excluding hydrogens is 426 g/mol. The topological polar surface area (TPSA) is 38.8 Å². The van der Waals surface area contributed by atoms with Crippen LogP contribution >= 0.6 is 24.0 Å². The van der Waals surface area contributed by atoms with Crippen LogP contribution in [0.1, 0.15) is 18.1 Å². The minimum atomic E-state index is -0.122. The van der Waals surface area contributed by atoms with Crippen LogP contribution in [0.25, 0.3) is 6.08 Å². The number of ether oxygens (including phenoxy) is 2. The van der Waals surface area contributed by atoms with Gasteiger partial charge in [-0.25, -0.2) is 0 Å². The van der Waals surface area contributed by atoms with Gasteiger partial charge in [0.1, 0.15) is 18.1 Å². The van der Waals surface area contributed by atoms with Crippen LogP contribution < -0.4 is 14.4 Å². The number of thiocarbonyl (C=S) groups is 1. The van der Waals surface area contributed by atoms with E-state index in [2.05, 4.69) is 0 Å². The second-order valence-electron chi connectivity index (χ2n) is 6.79. The summed E-state index contributed by atoms with van der Waals surface area (Å²) in [5.41, 5.74) is 2.77. The van der Waals surface area contributed by atoms with E-state index in [1.807, 2.05) is 91.9 Å². The Morgan fingerprint density at radius 2 is 1.55 bits per heavy atom. The first-order chi connectivity index (χ1) is 15.1. The van der Waals surface area contributed by atoms with Gasteiger partial charge in [-0.1, -0.05) is 66.4 Å². The molecule has 6 heteroatoms. The third-order valence-corrected chi connectivity index (χ3v) is 5.93. The summed E-state index contributed by atoms with van der Waals surface area (Å²) in [5.74, 6) is 1.42. The molecule has 1 fully saturated rings. The molecule has 0 unspecified atom stereocenters. The largest absolute Gasteiger partial charge is 0.494 e. The van der Waals surface area contributed by atoms with E-state index in [4.69, 9.17) is 21.7 Å². The van der Waals surface area contributed by atoms with Crippen molar-refractivity contribution in [1.82, 2.24) is 0 Å². The molecule has 0 N–H and O–H groups in total. The maximum absolute atomic E-state index is 13.0. The number of thioether (sulfide) groups is 1. The van der Waals surface area contributed by atoms with Crippen LogP contribution in [-0.4, -0.2) is 16.8 Å². The molecule has 1 aliphatic rings. The lowest BCUT2D eigenvalue weighted by Gasteiger charge is -2.15. The smallest absolute Gasteiger partial charge is 0.270 e. The first kappa shape index (κ1) is 21.2. The highest BCUT2D eigenvalue weighted by atomic mass is 32.2. The van der Waals surface area contributed by atoms with Crippen molar-refractivity contribution in [1.29, 1.82) is 0 Å². The Morgan fingerprint density at radius 3 is 2.23 bits per heavy atom. The first-order valence-corrected chi connectivity index (χ1v) is 11.1. The van der Waals surface area contributed by atoms with Gasteiger partial charge in [-0.2, -0.15) is 0 Å². The highest BCUT2D eigenvalue weighted by Gasteiger charge is 2.33. The van der Waals surface area contributed by atoms with Crippen molar-refractivity contribution in [3.05, 3.63) is 94.9 Å². The summed E-state index contributed by atoms with van der Waals surface area (Å²) in [4.78, 5) is 15.1. The van der Waals surface area contributed by atoms with E-state index in [-0.39, 0.29) is 5.91 Å². The van der Waals surface area contributed by atoms with E-state index in [0.29, 0.717) is 22.4 Å². The Morgan fingerprint density at radius 1 is 0.903 bits per heavy atom. The summed E-state index contributed by atoms with van der Waals surface area (Å²) in [6.45, 7) is 3.04. The van der Waals surface area contributed by atoms with Gasteiger partial charge in [0.25, 0.3) is 5.91 Å². The predicted octanol–water partition coefficient (Wildman–Crippen LogP) is 6.07. The van der Waals surface area contributed by atoms with E-state index >= 15 is 0 Å². The zero-order valence-electron chi connectivity index (χ0n) is 17.0. The average Bonchev–Trinajstić information content (AvgIpc) is 3.07. The van der Waals surface area contributed by atoms with Gasteiger partial charge in [0.15, 0.2) is 4.32 Å². The Labute approximate surface area is 191 Å². The molecule has 3 aromatic rings. The van der Waals surface area contributed by atoms with Crippen LogP contribution in [-0.2, 0) is 11.4 Å². The second kappa shape index (κ2) is 9.81. The van der Waals surface area contributed by atoms with Crippen LogP contribution in [0.2, 0.25) is 0 Å². The fraction of sp³-hybridized carbons (Fsp3) is 0.120. The van der Waals surface area contributed by atoms with E-state index in [9.17, 15) is 4.79 Å². The van der Waals surface area contributed by atoms with E-state index in [1.165, 1.54) is 11.8 Å². The molecule has 4 nitrogen and oxygen atoms in total. The SMILES string of the molecule is CCOc1ccc(N2C(=O)C(=Cc3ccc(OCc4ccccc4)cc3)SC2=S)cc1. The number of carbonyl (C=O) groups excluding carboxylic acids is 1. The lowest BCUT2D eigenvalue weighted by Crippen LogP contribution is -2.27. The zero-order valence-corrected chi connectivity index (χ0v) is 18.6. The standard InChI is InChI=1S/C25H21NO3S2/c1-2-28-21-14-10-20(11-15-21)26-24(27)23(31-25(26)30)16-18-8-12-22(13-9-18)29-17-19-6-4-3-5-7-19/h3-16H,2,17H2,1H3. The highest BCUT2D eigenvalue weighted by Crippen LogP contribution is 2.36. The van der Waals surface area contributed by atoms with Gasteiger partial charge in [0.05, 0.1) is 17.2 Å². The normalized spacial score (nSPS) is 14.9. The van der Waals surface area contributed by atoms with Crippen molar-refractivity contribution in [2.24, 2.45) is 0 Å². The number of amides is 1. The second-order valence-corrected chi connectivity index (χ2v) is 8.46. The third-order valence-electron chi connectivity index (χ3n) is 4.63. The van der Waals surface area contributed by atoms with Gasteiger partial charge in [-0.15, -0.1) is 0 Å². The van der Waals surface area contributed by atoms with Gasteiger partial charge in [-0.3, -0.25) is 9.69 Å². The number of hydrogen-bond acceptors (Lipinski definition) is 5. The number of hydrogen-bond donors (Lipinski definition) is 0. The van der Waals surface area contributed by atoms with Crippen LogP contribution in [0.3, 0.4) is 0 Å². The summed E-state index contributed by atoms with van der Waals surface area (Å²) in [6.07, 6.45) is 1.86. The fourth-order valence-electron chi connectivity index (χ4n) is 3.10. The van der Waals surface area contributed by atoms with Crippen LogP contribution in [0, 0.1) is 0 Å². The molecule has 1 saturated heterocycles. The van der Waals surface area contributed by atoms with Crippen molar-refractivity contribution in [3.63, 3.8) is 0 Å². The molecule has 0 atom stereocenters. The maximum Gasteiger partial charge on any atom is 0.270 e. The average molecular weight is 448 g/mol. The summed E-state index contributed by atoms with van der Waals surface area (Å²) < 4.78 is 11.8. The Balaban J connectivity index is 1.43. The van der Waals surface area contributed by atoms with Crippen molar-refractivity contribution < 1.29 is 14.3 Å². The molecule has 4 rings (SSSR count). The van der Waals surface area contributed by atoms with Crippen molar-refractivity contribution in [3.8, 4) is 11.5 Å². The minimum Gasteiger partial charge on any atom is -0.494 e. The van der Waals surface area contributed by atoms with Crippen LogP contribution in [0.15, 0.2) is 83.8 Å². The third kappa shape index (κ3) is 5.16. The quantitative estimate of drug-likeness (QED) is 0.325. The minimum absolute atomic E-state index is 0.122. The lowest BCUT2D eigenvalue weighted by atomic mass is 10.2. The number of anilines is 1. The van der Waals surface area contributed by atoms with Gasteiger partial charge in [0.2, 0.25) is 0 Å². The van der Waals surface area contributed by atoms with Gasteiger partial charge >= 0.3 is 0 Å². The summed E-state index contributed by atoms with van der Waals surface area (Å²) in [6, 6.07) is 25.1. The van der Waals surface area contributed by atoms with Crippen LogP contribution in [0.4, 0.5) is 5.69 Å². The Hall–Kier alpha value is -3.09. The molecule has 0 spiro atoms. The summed E-state index contributed by atoms with van der Waals surface area (Å²) in [7, 11) is 0. The van der Waals surface area contributed by atoms with Gasteiger partial charge in [0, 0.05) is 0 Å². The van der Waals surface area contributed by atoms with Crippen molar-refractivity contribution in [2.45, 2.75) is 13.5 Å². The zero-order chi connectivity index (χ0) is 21.6. The molecule has 0 saturated carbocycles. The Kier molecular flexibility index (Phi) is 6.70. The number of rotatable bonds is 7.